The Bertz CT molecular complexity index is 368. The van der Waals surface area contributed by atoms with Crippen LogP contribution >= 0.6 is 11.3 Å². The van der Waals surface area contributed by atoms with Crippen LogP contribution in [0.3, 0.4) is 0 Å². The van der Waals surface area contributed by atoms with Crippen molar-refractivity contribution in [3.8, 4) is 0 Å². The van der Waals surface area contributed by atoms with Crippen LogP contribution in [0.4, 0.5) is 0 Å². The highest BCUT2D eigenvalue weighted by Crippen LogP contribution is 2.26. The lowest BCUT2D eigenvalue weighted by Gasteiger charge is -2.29. The van der Waals surface area contributed by atoms with Crippen molar-refractivity contribution in [3.05, 3.63) is 15.6 Å². The van der Waals surface area contributed by atoms with Crippen molar-refractivity contribution in [2.75, 3.05) is 0 Å². The minimum absolute atomic E-state index is 0.0249. The lowest BCUT2D eigenvalue weighted by molar-refractivity contribution is 0.0901. The zero-order chi connectivity index (χ0) is 9.64. The first-order chi connectivity index (χ1) is 5.98. The third-order valence-corrected chi connectivity index (χ3v) is 3.08. The average Bonchev–Trinajstić information content (AvgIpc) is 2.27. The Kier molecular flexibility index (Phi) is 1.70. The summed E-state index contributed by atoms with van der Waals surface area (Å²) in [5.41, 5.74) is 0.807. The maximum Gasteiger partial charge on any atom is 0.263 e. The third kappa shape index (κ3) is 1.46. The van der Waals surface area contributed by atoms with Gasteiger partial charge in [-0.2, -0.15) is 0 Å². The van der Waals surface area contributed by atoms with E-state index in [2.05, 4.69) is 10.3 Å². The van der Waals surface area contributed by atoms with Crippen LogP contribution in [0.5, 0.6) is 0 Å². The van der Waals surface area contributed by atoms with Crippen LogP contribution in [0.1, 0.15) is 34.2 Å². The first kappa shape index (κ1) is 8.69. The fourth-order valence-electron chi connectivity index (χ4n) is 1.59. The number of carbonyl (C=O) groups excluding carboxylic acids is 1. The van der Waals surface area contributed by atoms with Gasteiger partial charge in [0, 0.05) is 12.0 Å². The van der Waals surface area contributed by atoms with Crippen molar-refractivity contribution in [1.82, 2.24) is 10.3 Å². The van der Waals surface area contributed by atoms with Crippen molar-refractivity contribution >= 4 is 17.2 Å². The van der Waals surface area contributed by atoms with E-state index in [0.717, 1.165) is 22.0 Å². The number of fused-ring (bicyclic) bond motifs is 1. The highest BCUT2D eigenvalue weighted by Gasteiger charge is 2.32. The van der Waals surface area contributed by atoms with Gasteiger partial charge in [0.2, 0.25) is 0 Å². The average molecular weight is 196 g/mol. The van der Waals surface area contributed by atoms with E-state index in [1.807, 2.05) is 20.8 Å². The van der Waals surface area contributed by atoms with Crippen LogP contribution in [-0.4, -0.2) is 16.4 Å². The summed E-state index contributed by atoms with van der Waals surface area (Å²) < 4.78 is 0. The summed E-state index contributed by atoms with van der Waals surface area (Å²) in [6.45, 7) is 5.97. The maximum absolute atomic E-state index is 11.6. The topological polar surface area (TPSA) is 42.0 Å². The van der Waals surface area contributed by atoms with Crippen LogP contribution < -0.4 is 5.32 Å². The van der Waals surface area contributed by atoms with E-state index in [9.17, 15) is 4.79 Å². The molecule has 0 saturated carbocycles. The smallest absolute Gasteiger partial charge is 0.263 e. The molecule has 2 rings (SSSR count). The Morgan fingerprint density at radius 3 is 2.92 bits per heavy atom. The number of carbonyl (C=O) groups is 1. The Morgan fingerprint density at radius 2 is 2.23 bits per heavy atom. The van der Waals surface area contributed by atoms with Gasteiger partial charge in [0.05, 0.1) is 10.7 Å². The Hall–Kier alpha value is -0.900. The third-order valence-electron chi connectivity index (χ3n) is 2.07. The van der Waals surface area contributed by atoms with Crippen molar-refractivity contribution < 1.29 is 4.79 Å². The lowest BCUT2D eigenvalue weighted by Crippen LogP contribution is -2.48. The van der Waals surface area contributed by atoms with Crippen LogP contribution in [0.2, 0.25) is 0 Å². The molecular weight excluding hydrogens is 184 g/mol. The molecule has 0 atom stereocenters. The zero-order valence-corrected chi connectivity index (χ0v) is 8.79. The molecule has 0 spiro atoms. The molecule has 3 nitrogen and oxygen atoms in total. The van der Waals surface area contributed by atoms with Crippen LogP contribution in [0, 0.1) is 6.92 Å². The number of rotatable bonds is 0. The highest BCUT2D eigenvalue weighted by atomic mass is 32.1. The van der Waals surface area contributed by atoms with Crippen LogP contribution in [0.25, 0.3) is 0 Å². The van der Waals surface area contributed by atoms with Gasteiger partial charge in [0.25, 0.3) is 5.91 Å². The second-order valence-corrected chi connectivity index (χ2v) is 5.23. The number of amides is 1. The van der Waals surface area contributed by atoms with Gasteiger partial charge >= 0.3 is 0 Å². The first-order valence-corrected chi connectivity index (χ1v) is 5.08. The van der Waals surface area contributed by atoms with Gasteiger partial charge < -0.3 is 5.32 Å². The Balaban J connectivity index is 2.48. The molecule has 0 aromatic carbocycles. The summed E-state index contributed by atoms with van der Waals surface area (Å²) in [6, 6.07) is 0. The summed E-state index contributed by atoms with van der Waals surface area (Å²) in [4.78, 5) is 16.7. The van der Waals surface area contributed by atoms with Crippen molar-refractivity contribution in [1.29, 1.82) is 0 Å². The Labute approximate surface area is 81.2 Å². The number of hydrogen-bond donors (Lipinski definition) is 1. The minimum Gasteiger partial charge on any atom is -0.346 e. The van der Waals surface area contributed by atoms with Gasteiger partial charge in [-0.25, -0.2) is 4.98 Å². The molecule has 1 aromatic heterocycles. The van der Waals surface area contributed by atoms with E-state index in [4.69, 9.17) is 0 Å². The first-order valence-electron chi connectivity index (χ1n) is 4.27. The van der Waals surface area contributed by atoms with E-state index in [-0.39, 0.29) is 11.4 Å². The molecule has 1 aromatic rings. The summed E-state index contributed by atoms with van der Waals surface area (Å²) in [7, 11) is 0. The molecule has 13 heavy (non-hydrogen) atoms. The molecule has 0 saturated heterocycles. The molecule has 1 aliphatic heterocycles. The maximum atomic E-state index is 11.6. The summed E-state index contributed by atoms with van der Waals surface area (Å²) in [6.07, 6.45) is 0.832. The van der Waals surface area contributed by atoms with Gasteiger partial charge in [-0.15, -0.1) is 11.3 Å². The standard InChI is InChI=1S/C9H12N2OS/c1-5-10-6-4-9(2,3)11-8(12)7(6)13-5/h4H2,1-3H3,(H,11,12). The van der Waals surface area contributed by atoms with Crippen LogP contribution in [0.15, 0.2) is 0 Å². The second-order valence-electron chi connectivity index (χ2n) is 4.02. The van der Waals surface area contributed by atoms with E-state index in [1.54, 1.807) is 0 Å². The van der Waals surface area contributed by atoms with Gasteiger partial charge in [0.1, 0.15) is 4.88 Å². The summed E-state index contributed by atoms with van der Waals surface area (Å²) in [5, 5.41) is 3.93. The van der Waals surface area contributed by atoms with Gasteiger partial charge in [-0.05, 0) is 20.8 Å². The van der Waals surface area contributed by atoms with Crippen molar-refractivity contribution in [2.45, 2.75) is 32.7 Å². The van der Waals surface area contributed by atoms with E-state index >= 15 is 0 Å². The highest BCUT2D eigenvalue weighted by molar-refractivity contribution is 7.13. The Morgan fingerprint density at radius 1 is 1.54 bits per heavy atom. The molecule has 0 radical (unpaired) electrons. The van der Waals surface area contributed by atoms with Crippen molar-refractivity contribution in [2.24, 2.45) is 0 Å². The second kappa shape index (κ2) is 2.54. The number of hydrogen-bond acceptors (Lipinski definition) is 3. The van der Waals surface area contributed by atoms with Gasteiger partial charge in [0.15, 0.2) is 0 Å². The number of aromatic nitrogens is 1. The molecule has 1 aliphatic rings. The summed E-state index contributed by atoms with van der Waals surface area (Å²) >= 11 is 1.48. The molecule has 1 amide bonds. The number of aryl methyl sites for hydroxylation is 1. The predicted molar refractivity (Wildman–Crippen MR) is 52.1 cm³/mol. The molecule has 0 aliphatic carbocycles. The van der Waals surface area contributed by atoms with Gasteiger partial charge in [-0.1, -0.05) is 0 Å². The SMILES string of the molecule is Cc1nc2c(s1)C(=O)NC(C)(C)C2. The quantitative estimate of drug-likeness (QED) is 0.683. The predicted octanol–water partition coefficient (Wildman–Crippen LogP) is 1.52. The molecular formula is C9H12N2OS. The van der Waals surface area contributed by atoms with Crippen LogP contribution in [-0.2, 0) is 6.42 Å². The molecule has 2 heterocycles. The molecule has 4 heteroatoms. The van der Waals surface area contributed by atoms with Crippen molar-refractivity contribution in [3.63, 3.8) is 0 Å². The fraction of sp³-hybridized carbons (Fsp3) is 0.556. The summed E-state index contributed by atoms with van der Waals surface area (Å²) in [5.74, 6) is 0.0249. The minimum atomic E-state index is -0.148. The molecule has 70 valence electrons. The lowest BCUT2D eigenvalue weighted by atomic mass is 9.94. The van der Waals surface area contributed by atoms with E-state index < -0.39 is 0 Å². The monoisotopic (exact) mass is 196 g/mol. The normalized spacial score (nSPS) is 19.5. The van der Waals surface area contributed by atoms with Gasteiger partial charge in [-0.3, -0.25) is 4.79 Å². The number of nitrogens with one attached hydrogen (secondary N) is 1. The largest absolute Gasteiger partial charge is 0.346 e. The number of thiazole rings is 1. The number of nitrogens with zero attached hydrogens (tertiary/aromatic N) is 1. The fourth-order valence-corrected chi connectivity index (χ4v) is 2.42. The molecule has 1 N–H and O–H groups in total. The van der Waals surface area contributed by atoms with E-state index in [1.165, 1.54) is 11.3 Å². The molecule has 0 unspecified atom stereocenters. The van der Waals surface area contributed by atoms with E-state index in [0.29, 0.717) is 0 Å². The molecule has 0 fully saturated rings. The molecule has 0 bridgehead atoms. The zero-order valence-electron chi connectivity index (χ0n) is 7.97.